The van der Waals surface area contributed by atoms with Gasteiger partial charge in [0, 0.05) is 23.7 Å². The van der Waals surface area contributed by atoms with Crippen LogP contribution in [0.4, 0.5) is 0 Å². The van der Waals surface area contributed by atoms with Crippen LogP contribution in [0, 0.1) is 0 Å². The number of rotatable bonds is 5. The van der Waals surface area contributed by atoms with Gasteiger partial charge in [0.05, 0.1) is 5.69 Å². The van der Waals surface area contributed by atoms with Gasteiger partial charge in [-0.1, -0.05) is 12.1 Å². The largest absolute Gasteiger partial charge is 0.305 e. The minimum atomic E-state index is 0.316. The average molecular weight is 259 g/mol. The molecule has 0 bridgehead atoms. The van der Waals surface area contributed by atoms with E-state index in [9.17, 15) is 0 Å². The maximum absolute atomic E-state index is 4.19. The Morgan fingerprint density at radius 1 is 1.22 bits per heavy atom. The summed E-state index contributed by atoms with van der Waals surface area (Å²) in [6, 6.07) is 10.9. The van der Waals surface area contributed by atoms with Crippen molar-refractivity contribution in [3.05, 3.63) is 54.1 Å². The van der Waals surface area contributed by atoms with Crippen molar-refractivity contribution in [3.8, 4) is 0 Å². The molecule has 0 saturated heterocycles. The summed E-state index contributed by atoms with van der Waals surface area (Å²) in [7, 11) is 0. The zero-order chi connectivity index (χ0) is 12.8. The number of nitrogens with one attached hydrogen (secondary N) is 1. The fourth-order valence-electron chi connectivity index (χ4n) is 1.69. The second-order valence-electron chi connectivity index (χ2n) is 4.08. The normalized spacial score (nSPS) is 12.3. The lowest BCUT2D eigenvalue weighted by Crippen LogP contribution is -2.18. The van der Waals surface area contributed by atoms with Gasteiger partial charge in [0.2, 0.25) is 0 Å². The highest BCUT2D eigenvalue weighted by molar-refractivity contribution is 7.98. The second-order valence-corrected chi connectivity index (χ2v) is 4.96. The van der Waals surface area contributed by atoms with Gasteiger partial charge >= 0.3 is 0 Å². The quantitative estimate of drug-likeness (QED) is 0.838. The maximum Gasteiger partial charge on any atom is 0.115 e. The Bertz CT molecular complexity index is 470. The van der Waals surface area contributed by atoms with Gasteiger partial charge in [0.25, 0.3) is 0 Å². The van der Waals surface area contributed by atoms with E-state index in [2.05, 4.69) is 52.7 Å². The molecule has 1 N–H and O–H groups in total. The predicted octanol–water partition coefficient (Wildman–Crippen LogP) is 3.05. The number of nitrogens with zero attached hydrogens (tertiary/aromatic N) is 2. The zero-order valence-corrected chi connectivity index (χ0v) is 11.4. The maximum atomic E-state index is 4.19. The summed E-state index contributed by atoms with van der Waals surface area (Å²) in [5.74, 6) is 0. The summed E-state index contributed by atoms with van der Waals surface area (Å²) in [5.41, 5.74) is 2.31. The highest BCUT2D eigenvalue weighted by Crippen LogP contribution is 2.18. The monoisotopic (exact) mass is 259 g/mol. The first-order valence-corrected chi connectivity index (χ1v) is 7.14. The minimum Gasteiger partial charge on any atom is -0.305 e. The Kier molecular flexibility index (Phi) is 4.73. The van der Waals surface area contributed by atoms with E-state index in [-0.39, 0.29) is 0 Å². The molecule has 1 aromatic carbocycles. The molecule has 2 rings (SSSR count). The van der Waals surface area contributed by atoms with Crippen molar-refractivity contribution in [2.45, 2.75) is 24.4 Å². The molecule has 18 heavy (non-hydrogen) atoms. The fraction of sp³-hybridized carbons (Fsp3) is 0.286. The van der Waals surface area contributed by atoms with Gasteiger partial charge in [-0.05, 0) is 36.9 Å². The van der Waals surface area contributed by atoms with Crippen molar-refractivity contribution in [2.24, 2.45) is 0 Å². The third kappa shape index (κ3) is 3.55. The summed E-state index contributed by atoms with van der Waals surface area (Å²) >= 11 is 1.76. The molecule has 4 heteroatoms. The topological polar surface area (TPSA) is 37.8 Å². The molecule has 0 aliphatic rings. The van der Waals surface area contributed by atoms with E-state index in [0.29, 0.717) is 6.04 Å². The molecule has 0 saturated carbocycles. The molecule has 1 aromatic heterocycles. The van der Waals surface area contributed by atoms with Crippen LogP contribution >= 0.6 is 11.8 Å². The van der Waals surface area contributed by atoms with Crippen LogP contribution in [-0.4, -0.2) is 16.2 Å². The van der Waals surface area contributed by atoms with Gasteiger partial charge < -0.3 is 5.32 Å². The van der Waals surface area contributed by atoms with Gasteiger partial charge in [-0.15, -0.1) is 11.8 Å². The predicted molar refractivity (Wildman–Crippen MR) is 75.5 cm³/mol. The molecule has 0 aliphatic heterocycles. The van der Waals surface area contributed by atoms with Crippen molar-refractivity contribution in [1.82, 2.24) is 15.3 Å². The van der Waals surface area contributed by atoms with Crippen LogP contribution in [0.2, 0.25) is 0 Å². The van der Waals surface area contributed by atoms with Crippen LogP contribution in [0.1, 0.15) is 24.2 Å². The molecule has 3 nitrogen and oxygen atoms in total. The van der Waals surface area contributed by atoms with Gasteiger partial charge in [-0.2, -0.15) is 0 Å². The van der Waals surface area contributed by atoms with Crippen LogP contribution in [0.3, 0.4) is 0 Å². The molecular weight excluding hydrogens is 242 g/mol. The van der Waals surface area contributed by atoms with E-state index >= 15 is 0 Å². The molecular formula is C14H17N3S. The van der Waals surface area contributed by atoms with Crippen LogP contribution in [0.15, 0.2) is 47.8 Å². The molecule has 0 amide bonds. The summed E-state index contributed by atoms with van der Waals surface area (Å²) in [4.78, 5) is 9.40. The van der Waals surface area contributed by atoms with Crippen LogP contribution in [0.25, 0.3) is 0 Å². The summed E-state index contributed by atoms with van der Waals surface area (Å²) in [6.45, 7) is 2.92. The highest BCUT2D eigenvalue weighted by Gasteiger charge is 2.04. The summed E-state index contributed by atoms with van der Waals surface area (Å²) in [5, 5.41) is 3.46. The molecule has 2 aromatic rings. The Morgan fingerprint density at radius 2 is 2.00 bits per heavy atom. The van der Waals surface area contributed by atoms with Gasteiger partial charge in [-0.25, -0.2) is 9.97 Å². The van der Waals surface area contributed by atoms with Crippen molar-refractivity contribution in [1.29, 1.82) is 0 Å². The summed E-state index contributed by atoms with van der Waals surface area (Å²) < 4.78 is 0. The van der Waals surface area contributed by atoms with E-state index < -0.39 is 0 Å². The van der Waals surface area contributed by atoms with Crippen molar-refractivity contribution >= 4 is 11.8 Å². The average Bonchev–Trinajstić information content (AvgIpc) is 2.46. The Hall–Kier alpha value is -1.39. The van der Waals surface area contributed by atoms with Crippen molar-refractivity contribution < 1.29 is 0 Å². The Morgan fingerprint density at radius 3 is 2.61 bits per heavy atom. The lowest BCUT2D eigenvalue weighted by molar-refractivity contribution is 0.567. The first kappa shape index (κ1) is 13.1. The smallest absolute Gasteiger partial charge is 0.115 e. The molecule has 0 radical (unpaired) electrons. The molecule has 1 atom stereocenters. The third-order valence-corrected chi connectivity index (χ3v) is 3.59. The summed E-state index contributed by atoms with van der Waals surface area (Å²) in [6.07, 6.45) is 5.43. The van der Waals surface area contributed by atoms with Gasteiger partial charge in [0.1, 0.15) is 6.33 Å². The first-order valence-electron chi connectivity index (χ1n) is 5.92. The fourth-order valence-corrected chi connectivity index (χ4v) is 2.10. The molecule has 0 fully saturated rings. The highest BCUT2D eigenvalue weighted by atomic mass is 32.2. The van der Waals surface area contributed by atoms with Crippen LogP contribution < -0.4 is 5.32 Å². The third-order valence-electron chi connectivity index (χ3n) is 2.85. The van der Waals surface area contributed by atoms with E-state index in [1.165, 1.54) is 10.5 Å². The van der Waals surface area contributed by atoms with Crippen molar-refractivity contribution in [2.75, 3.05) is 6.26 Å². The lowest BCUT2D eigenvalue weighted by Gasteiger charge is -2.14. The number of aromatic nitrogens is 2. The minimum absolute atomic E-state index is 0.316. The standard InChI is InChI=1S/C14H17N3S/c1-11(12-3-5-14(18-2)6-4-12)16-9-13-7-8-15-10-17-13/h3-8,10-11,16H,9H2,1-2H3. The molecule has 1 unspecified atom stereocenters. The van der Waals surface area contributed by atoms with E-state index in [1.54, 1.807) is 24.3 Å². The molecule has 1 heterocycles. The van der Waals surface area contributed by atoms with Crippen LogP contribution in [-0.2, 0) is 6.54 Å². The van der Waals surface area contributed by atoms with E-state index in [0.717, 1.165) is 12.2 Å². The number of hydrogen-bond donors (Lipinski definition) is 1. The van der Waals surface area contributed by atoms with E-state index in [4.69, 9.17) is 0 Å². The zero-order valence-electron chi connectivity index (χ0n) is 10.6. The lowest BCUT2D eigenvalue weighted by atomic mass is 10.1. The molecule has 0 aliphatic carbocycles. The molecule has 94 valence electrons. The number of benzene rings is 1. The molecule has 0 spiro atoms. The first-order chi connectivity index (χ1) is 8.79. The number of thioether (sulfide) groups is 1. The van der Waals surface area contributed by atoms with Crippen molar-refractivity contribution in [3.63, 3.8) is 0 Å². The van der Waals surface area contributed by atoms with E-state index in [1.807, 2.05) is 6.07 Å². The Labute approximate surface area is 112 Å². The van der Waals surface area contributed by atoms with Gasteiger partial charge in [-0.3, -0.25) is 0 Å². The van der Waals surface area contributed by atoms with Gasteiger partial charge in [0.15, 0.2) is 0 Å². The SMILES string of the molecule is CSc1ccc(C(C)NCc2ccncn2)cc1. The Balaban J connectivity index is 1.93. The number of hydrogen-bond acceptors (Lipinski definition) is 4. The second kappa shape index (κ2) is 6.52. The van der Waals surface area contributed by atoms with Crippen LogP contribution in [0.5, 0.6) is 0 Å².